The number of benzene rings is 1. The van der Waals surface area contributed by atoms with E-state index in [4.69, 9.17) is 0 Å². The van der Waals surface area contributed by atoms with Crippen molar-refractivity contribution in [3.63, 3.8) is 0 Å². The van der Waals surface area contributed by atoms with Gasteiger partial charge >= 0.3 is 0 Å². The monoisotopic (exact) mass is 403 g/mol. The molecule has 2 aromatic heterocycles. The minimum Gasteiger partial charge on any atom is -0.307 e. The van der Waals surface area contributed by atoms with Crippen molar-refractivity contribution in [2.24, 2.45) is 0 Å². The van der Waals surface area contributed by atoms with Crippen LogP contribution >= 0.6 is 0 Å². The topological polar surface area (TPSA) is 135 Å². The van der Waals surface area contributed by atoms with Crippen LogP contribution in [0.4, 0.5) is 11.5 Å². The maximum Gasteiger partial charge on any atom is 0.287 e. The third kappa shape index (κ3) is 3.49. The molecule has 0 saturated carbocycles. The fourth-order valence-corrected chi connectivity index (χ4v) is 3.01. The van der Waals surface area contributed by atoms with Crippen molar-refractivity contribution in [3.05, 3.63) is 93.4 Å². The Labute approximate surface area is 169 Å². The lowest BCUT2D eigenvalue weighted by Gasteiger charge is -2.13. The van der Waals surface area contributed by atoms with Crippen LogP contribution in [0.2, 0.25) is 0 Å². The number of imide groups is 1. The van der Waals surface area contributed by atoms with Crippen molar-refractivity contribution in [2.75, 3.05) is 5.32 Å². The molecule has 0 bridgehead atoms. The standard InChI is InChI=1S/C20H13N5O5/c26-18(23-17-6-4-14(10-22-17)25(29)30)13-3-5-15-16(8-13)20(28)24(19(15)27)11-12-2-1-7-21-9-12/h1-10H,11H2,(H,22,23,26). The number of nitro groups is 1. The van der Waals surface area contributed by atoms with E-state index >= 15 is 0 Å². The molecule has 3 heterocycles. The van der Waals surface area contributed by atoms with Gasteiger partial charge in [0, 0.05) is 24.0 Å². The van der Waals surface area contributed by atoms with Gasteiger partial charge in [0.15, 0.2) is 0 Å². The molecule has 1 aromatic carbocycles. The number of nitrogens with one attached hydrogen (secondary N) is 1. The summed E-state index contributed by atoms with van der Waals surface area (Å²) in [6.45, 7) is 0.0778. The lowest BCUT2D eigenvalue weighted by Crippen LogP contribution is -2.29. The number of rotatable bonds is 5. The first-order chi connectivity index (χ1) is 14.4. The minimum absolute atomic E-state index is 0.0778. The van der Waals surface area contributed by atoms with Crippen LogP contribution in [0.25, 0.3) is 0 Å². The first kappa shape index (κ1) is 18.9. The fraction of sp³-hybridized carbons (Fsp3) is 0.0500. The predicted octanol–water partition coefficient (Wildman–Crippen LogP) is 2.43. The highest BCUT2D eigenvalue weighted by molar-refractivity contribution is 6.22. The maximum absolute atomic E-state index is 12.7. The highest BCUT2D eigenvalue weighted by Crippen LogP contribution is 2.26. The summed E-state index contributed by atoms with van der Waals surface area (Å²) in [5.74, 6) is -1.39. The molecule has 10 heteroatoms. The highest BCUT2D eigenvalue weighted by Gasteiger charge is 2.36. The third-order valence-corrected chi connectivity index (χ3v) is 4.50. The molecular formula is C20H13N5O5. The van der Waals surface area contributed by atoms with Gasteiger partial charge in [-0.1, -0.05) is 6.07 Å². The molecule has 0 atom stereocenters. The number of hydrogen-bond acceptors (Lipinski definition) is 7. The van der Waals surface area contributed by atoms with E-state index < -0.39 is 22.6 Å². The molecule has 1 aliphatic rings. The zero-order chi connectivity index (χ0) is 21.3. The molecule has 4 rings (SSSR count). The zero-order valence-electron chi connectivity index (χ0n) is 15.3. The average molecular weight is 403 g/mol. The first-order valence-corrected chi connectivity index (χ1v) is 8.75. The molecule has 0 unspecified atom stereocenters. The van der Waals surface area contributed by atoms with Gasteiger partial charge < -0.3 is 5.32 Å². The minimum atomic E-state index is -0.598. The van der Waals surface area contributed by atoms with E-state index in [9.17, 15) is 24.5 Å². The van der Waals surface area contributed by atoms with Crippen molar-refractivity contribution in [2.45, 2.75) is 6.54 Å². The smallest absolute Gasteiger partial charge is 0.287 e. The van der Waals surface area contributed by atoms with Crippen LogP contribution in [0, 0.1) is 10.1 Å². The van der Waals surface area contributed by atoms with Gasteiger partial charge in [-0.2, -0.15) is 0 Å². The average Bonchev–Trinajstić information content (AvgIpc) is 2.99. The van der Waals surface area contributed by atoms with Gasteiger partial charge in [0.2, 0.25) is 0 Å². The summed E-state index contributed by atoms with van der Waals surface area (Å²) in [7, 11) is 0. The maximum atomic E-state index is 12.7. The van der Waals surface area contributed by atoms with Crippen LogP contribution in [0.1, 0.15) is 36.6 Å². The summed E-state index contributed by atoms with van der Waals surface area (Å²) in [6.07, 6.45) is 4.19. The number of pyridine rings is 2. The second-order valence-electron chi connectivity index (χ2n) is 6.43. The van der Waals surface area contributed by atoms with Crippen molar-refractivity contribution in [1.29, 1.82) is 0 Å². The molecule has 0 spiro atoms. The predicted molar refractivity (Wildman–Crippen MR) is 104 cm³/mol. The van der Waals surface area contributed by atoms with Crippen molar-refractivity contribution in [1.82, 2.24) is 14.9 Å². The Morgan fingerprint density at radius 2 is 1.87 bits per heavy atom. The first-order valence-electron chi connectivity index (χ1n) is 8.75. The second kappa shape index (κ2) is 7.51. The van der Waals surface area contributed by atoms with Crippen molar-refractivity contribution < 1.29 is 19.3 Å². The summed E-state index contributed by atoms with van der Waals surface area (Å²) in [5, 5.41) is 13.2. The number of nitrogens with zero attached hydrogens (tertiary/aromatic N) is 4. The lowest BCUT2D eigenvalue weighted by atomic mass is 10.1. The van der Waals surface area contributed by atoms with Gasteiger partial charge in [-0.15, -0.1) is 0 Å². The molecule has 148 valence electrons. The van der Waals surface area contributed by atoms with Gasteiger partial charge in [-0.25, -0.2) is 4.98 Å². The molecule has 0 fully saturated rings. The fourth-order valence-electron chi connectivity index (χ4n) is 3.01. The number of amides is 3. The Kier molecular flexibility index (Phi) is 4.72. The van der Waals surface area contributed by atoms with Gasteiger partial charge in [0.05, 0.1) is 22.6 Å². The van der Waals surface area contributed by atoms with Crippen LogP contribution in [0.15, 0.2) is 61.1 Å². The largest absolute Gasteiger partial charge is 0.307 e. The Balaban J connectivity index is 1.53. The van der Waals surface area contributed by atoms with E-state index in [1.54, 1.807) is 24.5 Å². The van der Waals surface area contributed by atoms with E-state index in [-0.39, 0.29) is 34.7 Å². The Bertz CT molecular complexity index is 1180. The number of aromatic nitrogens is 2. The molecule has 0 saturated heterocycles. The van der Waals surface area contributed by atoms with Crippen LogP contribution in [-0.2, 0) is 6.54 Å². The van der Waals surface area contributed by atoms with Crippen LogP contribution in [0.5, 0.6) is 0 Å². The van der Waals surface area contributed by atoms with E-state index in [0.29, 0.717) is 5.56 Å². The summed E-state index contributed by atoms with van der Waals surface area (Å²) in [5.41, 5.74) is 0.998. The highest BCUT2D eigenvalue weighted by atomic mass is 16.6. The van der Waals surface area contributed by atoms with Crippen molar-refractivity contribution in [3.8, 4) is 0 Å². The van der Waals surface area contributed by atoms with E-state index in [0.717, 1.165) is 11.1 Å². The normalized spacial score (nSPS) is 12.6. The summed E-state index contributed by atoms with van der Waals surface area (Å²) < 4.78 is 0. The van der Waals surface area contributed by atoms with Gasteiger partial charge in [-0.3, -0.25) is 34.4 Å². The van der Waals surface area contributed by atoms with Gasteiger partial charge in [0.1, 0.15) is 12.0 Å². The molecule has 10 nitrogen and oxygen atoms in total. The third-order valence-electron chi connectivity index (χ3n) is 4.50. The Hall–Kier alpha value is -4.47. The lowest BCUT2D eigenvalue weighted by molar-refractivity contribution is -0.385. The molecule has 0 radical (unpaired) electrons. The zero-order valence-corrected chi connectivity index (χ0v) is 15.3. The summed E-state index contributed by atoms with van der Waals surface area (Å²) in [6, 6.07) is 10.2. The number of carbonyl (C=O) groups is 3. The van der Waals surface area contributed by atoms with E-state index in [1.165, 1.54) is 30.3 Å². The number of fused-ring (bicyclic) bond motifs is 1. The van der Waals surface area contributed by atoms with Gasteiger partial charge in [0.25, 0.3) is 23.4 Å². The number of hydrogen-bond donors (Lipinski definition) is 1. The molecular weight excluding hydrogens is 390 g/mol. The van der Waals surface area contributed by atoms with E-state index in [2.05, 4.69) is 15.3 Å². The number of carbonyl (C=O) groups excluding carboxylic acids is 3. The molecule has 0 aliphatic carbocycles. The van der Waals surface area contributed by atoms with Crippen LogP contribution in [-0.4, -0.2) is 37.5 Å². The number of anilines is 1. The van der Waals surface area contributed by atoms with Gasteiger partial charge in [-0.05, 0) is 35.9 Å². The quantitative estimate of drug-likeness (QED) is 0.392. The Morgan fingerprint density at radius 3 is 2.53 bits per heavy atom. The molecule has 1 aliphatic heterocycles. The molecule has 3 aromatic rings. The van der Waals surface area contributed by atoms with Crippen LogP contribution < -0.4 is 5.32 Å². The van der Waals surface area contributed by atoms with E-state index in [1.807, 2.05) is 0 Å². The summed E-state index contributed by atoms with van der Waals surface area (Å²) >= 11 is 0. The summed E-state index contributed by atoms with van der Waals surface area (Å²) in [4.78, 5) is 56.8. The Morgan fingerprint density at radius 1 is 1.07 bits per heavy atom. The SMILES string of the molecule is O=C(Nc1ccc([N+](=O)[O-])cn1)c1ccc2c(c1)C(=O)N(Cc1cccnc1)C2=O. The molecule has 30 heavy (non-hydrogen) atoms. The second-order valence-corrected chi connectivity index (χ2v) is 6.43. The van der Waals surface area contributed by atoms with Crippen molar-refractivity contribution >= 4 is 29.2 Å². The van der Waals surface area contributed by atoms with Crippen LogP contribution in [0.3, 0.4) is 0 Å². The molecule has 3 amide bonds. The molecule has 1 N–H and O–H groups in total.